The molecule has 0 aromatic rings. The molecule has 0 aliphatic heterocycles. The number of methoxy groups -OCH3 is 1. The molecular formula is C10H21NO2. The lowest BCUT2D eigenvalue weighted by atomic mass is 10.0. The molecular weight excluding hydrogens is 166 g/mol. The van der Waals surface area contributed by atoms with Gasteiger partial charge in [-0.3, -0.25) is 4.79 Å². The van der Waals surface area contributed by atoms with Crippen molar-refractivity contribution in [3.05, 3.63) is 0 Å². The molecule has 1 amide bonds. The summed E-state index contributed by atoms with van der Waals surface area (Å²) in [5, 5.41) is 2.88. The summed E-state index contributed by atoms with van der Waals surface area (Å²) in [7, 11) is 1.53. The highest BCUT2D eigenvalue weighted by molar-refractivity contribution is 5.77. The van der Waals surface area contributed by atoms with Crippen molar-refractivity contribution in [1.82, 2.24) is 5.32 Å². The average Bonchev–Trinajstić information content (AvgIpc) is 2.04. The van der Waals surface area contributed by atoms with E-state index in [1.807, 2.05) is 6.92 Å². The van der Waals surface area contributed by atoms with Gasteiger partial charge in [-0.05, 0) is 19.3 Å². The van der Waals surface area contributed by atoms with Crippen LogP contribution < -0.4 is 5.32 Å². The average molecular weight is 187 g/mol. The van der Waals surface area contributed by atoms with E-state index in [0.717, 1.165) is 12.8 Å². The topological polar surface area (TPSA) is 38.3 Å². The maximum Gasteiger partial charge on any atom is 0.246 e. The lowest BCUT2D eigenvalue weighted by molar-refractivity contribution is -0.125. The minimum atomic E-state index is -0.0293. The predicted octanol–water partition coefficient (Wildman–Crippen LogP) is 1.57. The van der Waals surface area contributed by atoms with Gasteiger partial charge in [-0.2, -0.15) is 0 Å². The number of hydrogen-bond acceptors (Lipinski definition) is 2. The second-order valence-electron chi connectivity index (χ2n) is 3.65. The summed E-state index contributed by atoms with van der Waals surface area (Å²) in [6.07, 6.45) is 2.19. The third-order valence-electron chi connectivity index (χ3n) is 2.14. The van der Waals surface area contributed by atoms with Gasteiger partial charge in [0.2, 0.25) is 5.91 Å². The van der Waals surface area contributed by atoms with E-state index >= 15 is 0 Å². The molecule has 0 aliphatic carbocycles. The predicted molar refractivity (Wildman–Crippen MR) is 53.6 cm³/mol. The Morgan fingerprint density at radius 3 is 2.54 bits per heavy atom. The zero-order valence-electron chi connectivity index (χ0n) is 9.09. The second-order valence-corrected chi connectivity index (χ2v) is 3.65. The first-order chi connectivity index (χ1) is 6.10. The molecule has 2 atom stereocenters. The molecule has 0 saturated heterocycles. The first-order valence-electron chi connectivity index (χ1n) is 4.88. The highest BCUT2D eigenvalue weighted by Gasteiger charge is 2.09. The Morgan fingerprint density at radius 2 is 2.08 bits per heavy atom. The molecule has 0 heterocycles. The maximum absolute atomic E-state index is 11.1. The van der Waals surface area contributed by atoms with E-state index in [0.29, 0.717) is 5.92 Å². The molecule has 0 fully saturated rings. The molecule has 3 nitrogen and oxygen atoms in total. The van der Waals surface area contributed by atoms with Crippen LogP contribution in [0, 0.1) is 5.92 Å². The number of carbonyl (C=O) groups is 1. The number of amides is 1. The van der Waals surface area contributed by atoms with Crippen LogP contribution >= 0.6 is 0 Å². The SMILES string of the molecule is CCC(C)CC(C)NC(=O)COC. The Hall–Kier alpha value is -0.570. The molecule has 3 heteroatoms. The fourth-order valence-corrected chi connectivity index (χ4v) is 1.28. The van der Waals surface area contributed by atoms with Crippen LogP contribution in [-0.2, 0) is 9.53 Å². The number of rotatable bonds is 6. The van der Waals surface area contributed by atoms with Crippen molar-refractivity contribution in [2.24, 2.45) is 5.92 Å². The Kier molecular flexibility index (Phi) is 6.59. The smallest absolute Gasteiger partial charge is 0.246 e. The highest BCUT2D eigenvalue weighted by atomic mass is 16.5. The molecule has 0 rings (SSSR count). The second kappa shape index (κ2) is 6.89. The quantitative estimate of drug-likeness (QED) is 0.685. The van der Waals surface area contributed by atoms with Gasteiger partial charge in [-0.25, -0.2) is 0 Å². The third-order valence-corrected chi connectivity index (χ3v) is 2.14. The van der Waals surface area contributed by atoms with E-state index in [4.69, 9.17) is 4.74 Å². The zero-order valence-corrected chi connectivity index (χ0v) is 9.09. The van der Waals surface area contributed by atoms with Gasteiger partial charge in [0.1, 0.15) is 6.61 Å². The van der Waals surface area contributed by atoms with Crippen LogP contribution in [0.5, 0.6) is 0 Å². The molecule has 0 radical (unpaired) electrons. The van der Waals surface area contributed by atoms with Crippen LogP contribution in [0.1, 0.15) is 33.6 Å². The van der Waals surface area contributed by atoms with Gasteiger partial charge < -0.3 is 10.1 Å². The lowest BCUT2D eigenvalue weighted by Crippen LogP contribution is -2.35. The van der Waals surface area contributed by atoms with Crippen molar-refractivity contribution in [3.8, 4) is 0 Å². The number of carbonyl (C=O) groups excluding carboxylic acids is 1. The fraction of sp³-hybridized carbons (Fsp3) is 0.900. The summed E-state index contributed by atoms with van der Waals surface area (Å²) in [5.41, 5.74) is 0. The Bertz CT molecular complexity index is 148. The molecule has 0 spiro atoms. The van der Waals surface area contributed by atoms with Gasteiger partial charge in [-0.15, -0.1) is 0 Å². The van der Waals surface area contributed by atoms with Crippen LogP contribution in [0.2, 0.25) is 0 Å². The summed E-state index contributed by atoms with van der Waals surface area (Å²) in [5.74, 6) is 0.635. The number of ether oxygens (including phenoxy) is 1. The number of hydrogen-bond donors (Lipinski definition) is 1. The van der Waals surface area contributed by atoms with Crippen molar-refractivity contribution in [1.29, 1.82) is 0 Å². The normalized spacial score (nSPS) is 15.1. The van der Waals surface area contributed by atoms with Crippen molar-refractivity contribution in [2.45, 2.75) is 39.7 Å². The van der Waals surface area contributed by atoms with Crippen LogP contribution in [0.3, 0.4) is 0 Å². The van der Waals surface area contributed by atoms with Crippen molar-refractivity contribution in [3.63, 3.8) is 0 Å². The molecule has 0 aromatic heterocycles. The minimum absolute atomic E-state index is 0.0293. The Balaban J connectivity index is 3.60. The van der Waals surface area contributed by atoms with E-state index in [-0.39, 0.29) is 18.6 Å². The van der Waals surface area contributed by atoms with Gasteiger partial charge in [0.25, 0.3) is 0 Å². The third kappa shape index (κ3) is 6.58. The summed E-state index contributed by atoms with van der Waals surface area (Å²) < 4.78 is 4.72. The van der Waals surface area contributed by atoms with Crippen LogP contribution in [0.15, 0.2) is 0 Å². The van der Waals surface area contributed by atoms with E-state index in [9.17, 15) is 4.79 Å². The van der Waals surface area contributed by atoms with Gasteiger partial charge in [-0.1, -0.05) is 20.3 Å². The summed E-state index contributed by atoms with van der Waals surface area (Å²) >= 11 is 0. The Labute approximate surface area is 80.8 Å². The van der Waals surface area contributed by atoms with E-state index < -0.39 is 0 Å². The van der Waals surface area contributed by atoms with Crippen LogP contribution in [0.25, 0.3) is 0 Å². The summed E-state index contributed by atoms with van der Waals surface area (Å²) in [6.45, 7) is 6.54. The minimum Gasteiger partial charge on any atom is -0.375 e. The molecule has 1 N–H and O–H groups in total. The number of nitrogens with one attached hydrogen (secondary N) is 1. The van der Waals surface area contributed by atoms with Gasteiger partial charge in [0, 0.05) is 13.2 Å². The van der Waals surface area contributed by atoms with Crippen LogP contribution in [0.4, 0.5) is 0 Å². The largest absolute Gasteiger partial charge is 0.375 e. The molecule has 0 aliphatic rings. The van der Waals surface area contributed by atoms with Gasteiger partial charge >= 0.3 is 0 Å². The zero-order chi connectivity index (χ0) is 10.3. The van der Waals surface area contributed by atoms with Gasteiger partial charge in [0.05, 0.1) is 0 Å². The summed E-state index contributed by atoms with van der Waals surface area (Å²) in [6, 6.07) is 0.248. The van der Waals surface area contributed by atoms with Gasteiger partial charge in [0.15, 0.2) is 0 Å². The monoisotopic (exact) mass is 187 g/mol. The van der Waals surface area contributed by atoms with Crippen molar-refractivity contribution >= 4 is 5.91 Å². The molecule has 78 valence electrons. The van der Waals surface area contributed by atoms with Crippen molar-refractivity contribution in [2.75, 3.05) is 13.7 Å². The molecule has 2 unspecified atom stereocenters. The van der Waals surface area contributed by atoms with Crippen LogP contribution in [-0.4, -0.2) is 25.7 Å². The molecule has 0 bridgehead atoms. The molecule has 0 saturated carbocycles. The van der Waals surface area contributed by atoms with E-state index in [1.165, 1.54) is 7.11 Å². The Morgan fingerprint density at radius 1 is 1.46 bits per heavy atom. The van der Waals surface area contributed by atoms with E-state index in [2.05, 4.69) is 19.2 Å². The fourth-order valence-electron chi connectivity index (χ4n) is 1.28. The first-order valence-corrected chi connectivity index (χ1v) is 4.88. The maximum atomic E-state index is 11.1. The standard InChI is InChI=1S/C10H21NO2/c1-5-8(2)6-9(3)11-10(12)7-13-4/h8-9H,5-7H2,1-4H3,(H,11,12). The lowest BCUT2D eigenvalue weighted by Gasteiger charge is -2.17. The van der Waals surface area contributed by atoms with E-state index in [1.54, 1.807) is 0 Å². The first kappa shape index (κ1) is 12.4. The molecule has 0 aromatic carbocycles. The highest BCUT2D eigenvalue weighted by Crippen LogP contribution is 2.08. The molecule has 13 heavy (non-hydrogen) atoms. The summed E-state index contributed by atoms with van der Waals surface area (Å²) in [4.78, 5) is 11.1. The van der Waals surface area contributed by atoms with Crippen molar-refractivity contribution < 1.29 is 9.53 Å².